The highest BCUT2D eigenvalue weighted by Crippen LogP contribution is 2.56. The number of unbranched alkanes of at least 4 members (excludes halogenated alkanes) is 1. The topological polar surface area (TPSA) is 375 Å². The van der Waals surface area contributed by atoms with E-state index in [-0.39, 0.29) is 41.6 Å². The van der Waals surface area contributed by atoms with Crippen molar-refractivity contribution < 1.29 is 80.5 Å². The molecule has 0 aliphatic carbocycles. The third kappa shape index (κ3) is 13.9. The second-order valence-corrected chi connectivity index (χ2v) is 17.5. The van der Waals surface area contributed by atoms with Gasteiger partial charge >= 0.3 is 0 Å². The van der Waals surface area contributed by atoms with Crippen LogP contribution < -0.4 is 35.9 Å². The van der Waals surface area contributed by atoms with E-state index in [0.29, 0.717) is 12.2 Å². The molecule has 0 radical (unpaired) electrons. The highest BCUT2D eigenvalue weighted by Gasteiger charge is 2.47. The summed E-state index contributed by atoms with van der Waals surface area (Å²) < 4.78 is 60.4. The lowest BCUT2D eigenvalue weighted by Crippen LogP contribution is -2.46. The molecule has 0 saturated carbocycles. The quantitative estimate of drug-likeness (QED) is 0.0595. The van der Waals surface area contributed by atoms with Gasteiger partial charge in [0.05, 0.1) is 27.4 Å². The Labute approximate surface area is 312 Å². The second-order valence-electron chi connectivity index (χ2n) is 12.3. The molecule has 2 amide bonds. The van der Waals surface area contributed by atoms with Crippen LogP contribution in [0.25, 0.3) is 11.2 Å². The first kappa shape index (κ1) is 45.9. The van der Waals surface area contributed by atoms with Crippen LogP contribution in [-0.2, 0) is 50.7 Å². The van der Waals surface area contributed by atoms with Crippen molar-refractivity contribution in [1.29, 1.82) is 0 Å². The smallest absolute Gasteiger partial charge is 0.274 e. The van der Waals surface area contributed by atoms with E-state index in [1.54, 1.807) is 0 Å². The van der Waals surface area contributed by atoms with Crippen LogP contribution in [0.1, 0.15) is 52.7 Å². The fraction of sp³-hybridized carbons (Fsp3) is 0.692. The molecule has 306 valence electrons. The Hall–Kier alpha value is -2.44. The van der Waals surface area contributed by atoms with Gasteiger partial charge in [0.2, 0.25) is 11.8 Å². The molecule has 0 aromatic carbocycles. The van der Waals surface area contributed by atoms with Gasteiger partial charge in [-0.2, -0.15) is 0 Å². The molecule has 7 atom stereocenters. The van der Waals surface area contributed by atoms with E-state index in [2.05, 4.69) is 43.5 Å². The molecule has 28 heteroatoms. The van der Waals surface area contributed by atoms with E-state index in [4.69, 9.17) is 10.5 Å². The largest absolute Gasteiger partial charge is 0.790 e. The van der Waals surface area contributed by atoms with Crippen molar-refractivity contribution in [2.75, 3.05) is 37.8 Å². The van der Waals surface area contributed by atoms with Crippen LogP contribution in [0.2, 0.25) is 0 Å². The molecule has 3 heterocycles. The minimum atomic E-state index is -5.91. The molecule has 1 saturated heterocycles. The minimum Gasteiger partial charge on any atom is -0.790 e. The number of nitrogens with one attached hydrogen (secondary N) is 2. The number of nitrogens with two attached hydrogens (primary N) is 1. The lowest BCUT2D eigenvalue weighted by atomic mass is 9.87. The first-order valence-corrected chi connectivity index (χ1v) is 21.4. The van der Waals surface area contributed by atoms with Crippen LogP contribution in [0.4, 0.5) is 5.82 Å². The number of hydrogen-bond donors (Lipinski definition) is 5. The van der Waals surface area contributed by atoms with Crippen molar-refractivity contribution in [2.24, 2.45) is 5.41 Å². The zero-order valence-corrected chi connectivity index (χ0v) is 32.5. The van der Waals surface area contributed by atoms with E-state index in [9.17, 15) is 57.9 Å². The number of fused-ring (bicyclic) bond motifs is 1. The Morgan fingerprint density at radius 2 is 1.76 bits per heavy atom. The number of rotatable bonds is 22. The van der Waals surface area contributed by atoms with Crippen LogP contribution in [0.3, 0.4) is 0 Å². The number of aliphatic hydroxyl groups is 2. The van der Waals surface area contributed by atoms with E-state index in [0.717, 1.165) is 41.8 Å². The molecule has 0 bridgehead atoms. The van der Waals surface area contributed by atoms with Gasteiger partial charge in [-0.15, -0.1) is 0 Å². The number of aromatic nitrogens is 4. The van der Waals surface area contributed by atoms with Crippen LogP contribution in [0, 0.1) is 5.41 Å². The molecular weight excluding hydrogens is 807 g/mol. The predicted octanol–water partition coefficient (Wildman–Crippen LogP) is -2.67. The highest BCUT2D eigenvalue weighted by atomic mass is 32.2. The standard InChI is InChI=1S/C26H44N7O17P3S/c1-4-5-6-17(35)54-10-9-28-16(34)7-8-29-24(38)21(37)26(2,3)12-47-53(44,45)50-52(42,43)46-11-15-20(49-51(39,40)41)19(36)25(48-15)33-14-32-18-22(27)30-13-31-23(18)33/h13-15,19-21,25,36-37H,4-12H2,1-3H3,(H,28,34)(H,29,38)(H,42,43)(H,44,45)(H2,27,30,31)(H2,39,40,41)/p-4. The summed E-state index contributed by atoms with van der Waals surface area (Å²) in [5, 5.41) is 26.2. The number of ether oxygens (including phenoxy) is 1. The Balaban J connectivity index is 1.50. The van der Waals surface area contributed by atoms with Crippen molar-refractivity contribution in [3.05, 3.63) is 12.7 Å². The molecule has 2 aromatic heterocycles. The number of hydrogen-bond acceptors (Lipinski definition) is 22. The Morgan fingerprint density at radius 1 is 1.07 bits per heavy atom. The van der Waals surface area contributed by atoms with Gasteiger partial charge in [0, 0.05) is 37.1 Å². The van der Waals surface area contributed by atoms with Gasteiger partial charge in [0.15, 0.2) is 22.8 Å². The third-order valence-corrected chi connectivity index (χ3v) is 11.4. The van der Waals surface area contributed by atoms with Gasteiger partial charge in [0.1, 0.15) is 36.3 Å². The Kier molecular flexibility index (Phi) is 16.7. The average molecular weight is 848 g/mol. The number of carbonyl (C=O) groups is 3. The van der Waals surface area contributed by atoms with E-state index in [1.807, 2.05) is 6.92 Å². The van der Waals surface area contributed by atoms with Crippen molar-refractivity contribution in [3.8, 4) is 0 Å². The number of carbonyl (C=O) groups excluding carboxylic acids is 3. The number of phosphoric ester groups is 3. The molecule has 1 fully saturated rings. The molecule has 1 aliphatic rings. The number of thioether (sulfide) groups is 1. The van der Waals surface area contributed by atoms with Gasteiger partial charge in [-0.25, -0.2) is 19.3 Å². The summed E-state index contributed by atoms with van der Waals surface area (Å²) in [7, 11) is -17.6. The van der Waals surface area contributed by atoms with Gasteiger partial charge in [0.25, 0.3) is 15.6 Å². The number of nitrogen functional groups attached to an aromatic ring is 1. The predicted molar refractivity (Wildman–Crippen MR) is 178 cm³/mol. The van der Waals surface area contributed by atoms with Crippen molar-refractivity contribution in [2.45, 2.75) is 77.1 Å². The van der Waals surface area contributed by atoms with E-state index < -0.39 is 84.6 Å². The highest BCUT2D eigenvalue weighted by molar-refractivity contribution is 8.13. The summed E-state index contributed by atoms with van der Waals surface area (Å²) in [6.45, 7) is 2.11. The summed E-state index contributed by atoms with van der Waals surface area (Å²) in [6.07, 6.45) is -5.44. The molecule has 3 rings (SSSR count). The number of anilines is 1. The van der Waals surface area contributed by atoms with Crippen molar-refractivity contribution in [3.63, 3.8) is 0 Å². The zero-order valence-electron chi connectivity index (χ0n) is 29.0. The lowest BCUT2D eigenvalue weighted by Gasteiger charge is -2.36. The summed E-state index contributed by atoms with van der Waals surface area (Å²) in [5.41, 5.74) is 4.07. The molecule has 0 spiro atoms. The Morgan fingerprint density at radius 3 is 2.43 bits per heavy atom. The maximum atomic E-state index is 12.5. The first-order valence-electron chi connectivity index (χ1n) is 16.0. The van der Waals surface area contributed by atoms with Crippen LogP contribution in [0.5, 0.6) is 0 Å². The second kappa shape index (κ2) is 19.6. The monoisotopic (exact) mass is 847 g/mol. The van der Waals surface area contributed by atoms with E-state index in [1.165, 1.54) is 13.8 Å². The number of nitrogens with zero attached hydrogens (tertiary/aromatic N) is 4. The zero-order chi connectivity index (χ0) is 40.5. The third-order valence-electron chi connectivity index (χ3n) is 7.47. The number of phosphoric acid groups is 3. The maximum absolute atomic E-state index is 12.5. The molecule has 7 unspecified atom stereocenters. The normalized spacial score (nSPS) is 22.0. The van der Waals surface area contributed by atoms with Crippen LogP contribution in [0.15, 0.2) is 12.7 Å². The Bertz CT molecular complexity index is 1760. The average Bonchev–Trinajstić information content (AvgIpc) is 3.63. The van der Waals surface area contributed by atoms with Gasteiger partial charge in [-0.1, -0.05) is 39.0 Å². The molecule has 1 aliphatic heterocycles. The summed E-state index contributed by atoms with van der Waals surface area (Å²) in [6, 6.07) is 0. The molecule has 24 nitrogen and oxygen atoms in total. The minimum absolute atomic E-state index is 0.0200. The van der Waals surface area contributed by atoms with Gasteiger partial charge < -0.3 is 69.0 Å². The summed E-state index contributed by atoms with van der Waals surface area (Å²) >= 11 is 1.10. The van der Waals surface area contributed by atoms with Crippen LogP contribution in [-0.4, -0.2) is 103 Å². The van der Waals surface area contributed by atoms with Crippen LogP contribution >= 0.6 is 35.2 Å². The van der Waals surface area contributed by atoms with Crippen molar-refractivity contribution >= 4 is 69.1 Å². The summed E-state index contributed by atoms with van der Waals surface area (Å²) in [4.78, 5) is 95.5. The van der Waals surface area contributed by atoms with Gasteiger partial charge in [-0.3, -0.25) is 28.1 Å². The summed E-state index contributed by atoms with van der Waals surface area (Å²) in [5.74, 6) is -1.16. The number of imidazole rings is 1. The first-order chi connectivity index (χ1) is 25.1. The number of amides is 2. The van der Waals surface area contributed by atoms with Gasteiger partial charge in [-0.05, 0) is 6.42 Å². The maximum Gasteiger partial charge on any atom is 0.274 e. The molecule has 6 N–H and O–H groups in total. The number of aliphatic hydroxyl groups excluding tert-OH is 2. The van der Waals surface area contributed by atoms with Crippen molar-refractivity contribution in [1.82, 2.24) is 30.2 Å². The molecule has 2 aromatic rings. The SMILES string of the molecule is CCCCC(=O)SCCNC(=O)CCNC(=O)C(O)C(C)(C)COP(=O)([O-])OP(=O)([O-])OCC1OC(n2cnc3c(N)ncnc32)C(O)C1OP(=O)([O-])[O-]. The fourth-order valence-electron chi connectivity index (χ4n) is 4.67. The molecular formula is C26H40N7O17P3S-4. The lowest BCUT2D eigenvalue weighted by molar-refractivity contribution is -0.347. The van der Waals surface area contributed by atoms with E-state index >= 15 is 0 Å². The fourth-order valence-corrected chi connectivity index (χ4v) is 8.12. The molecule has 54 heavy (non-hydrogen) atoms.